The van der Waals surface area contributed by atoms with Crippen LogP contribution in [0.1, 0.15) is 52.1 Å². The fourth-order valence-electron chi connectivity index (χ4n) is 3.67. The largest absolute Gasteiger partial charge is 0.351 e. The topological polar surface area (TPSA) is 76.9 Å². The zero-order valence-corrected chi connectivity index (χ0v) is 16.6. The molecule has 0 saturated carbocycles. The highest BCUT2D eigenvalue weighted by atomic mass is 32.2. The van der Waals surface area contributed by atoms with E-state index in [0.29, 0.717) is 13.0 Å². The number of carbonyl (C=O) groups excluding carboxylic acids is 1. The SMILES string of the molecule is Cc1nc(C)c(CNC(=O)CC2CSc3nc4c(c(=O)n32)CCCC4)s1. The van der Waals surface area contributed by atoms with E-state index in [4.69, 9.17) is 4.98 Å². The molecule has 4 rings (SSSR count). The molecule has 6 nitrogen and oxygen atoms in total. The molecule has 138 valence electrons. The molecule has 1 unspecified atom stereocenters. The van der Waals surface area contributed by atoms with Crippen molar-refractivity contribution >= 4 is 29.0 Å². The Kier molecular flexibility index (Phi) is 4.88. The summed E-state index contributed by atoms with van der Waals surface area (Å²) in [6, 6.07) is -0.105. The summed E-state index contributed by atoms with van der Waals surface area (Å²) in [6.07, 6.45) is 4.19. The Morgan fingerprint density at radius 1 is 1.27 bits per heavy atom. The Morgan fingerprint density at radius 3 is 2.85 bits per heavy atom. The van der Waals surface area contributed by atoms with Gasteiger partial charge in [-0.3, -0.25) is 14.2 Å². The molecule has 2 aromatic rings. The maximum atomic E-state index is 12.9. The van der Waals surface area contributed by atoms with Crippen LogP contribution in [-0.2, 0) is 24.2 Å². The third-order valence-corrected chi connectivity index (χ3v) is 7.16. The molecule has 0 spiro atoms. The van der Waals surface area contributed by atoms with Crippen LogP contribution in [0.25, 0.3) is 0 Å². The highest BCUT2D eigenvalue weighted by Gasteiger charge is 2.30. The van der Waals surface area contributed by atoms with Crippen molar-refractivity contribution < 1.29 is 4.79 Å². The first-order valence-electron chi connectivity index (χ1n) is 8.99. The average Bonchev–Trinajstić information content (AvgIpc) is 3.16. The molecule has 1 aliphatic heterocycles. The van der Waals surface area contributed by atoms with E-state index < -0.39 is 0 Å². The predicted molar refractivity (Wildman–Crippen MR) is 103 cm³/mol. The lowest BCUT2D eigenvalue weighted by Crippen LogP contribution is -2.33. The zero-order valence-electron chi connectivity index (χ0n) is 15.0. The van der Waals surface area contributed by atoms with Gasteiger partial charge in [0.25, 0.3) is 5.56 Å². The van der Waals surface area contributed by atoms with Crippen LogP contribution in [0.15, 0.2) is 9.95 Å². The summed E-state index contributed by atoms with van der Waals surface area (Å²) in [7, 11) is 0. The van der Waals surface area contributed by atoms with Crippen LogP contribution in [0.4, 0.5) is 0 Å². The molecule has 0 bridgehead atoms. The molecule has 0 fully saturated rings. The van der Waals surface area contributed by atoms with E-state index >= 15 is 0 Å². The molecule has 2 aromatic heterocycles. The lowest BCUT2D eigenvalue weighted by atomic mass is 9.97. The first kappa shape index (κ1) is 17.7. The Balaban J connectivity index is 1.47. The van der Waals surface area contributed by atoms with Gasteiger partial charge in [-0.15, -0.1) is 11.3 Å². The molecule has 1 aliphatic carbocycles. The molecule has 3 heterocycles. The van der Waals surface area contributed by atoms with E-state index in [1.54, 1.807) is 27.7 Å². The summed E-state index contributed by atoms with van der Waals surface area (Å²) in [5, 5.41) is 4.77. The fourth-order valence-corrected chi connectivity index (χ4v) is 5.70. The molecular weight excluding hydrogens is 368 g/mol. The molecule has 26 heavy (non-hydrogen) atoms. The molecule has 8 heteroatoms. The average molecular weight is 391 g/mol. The van der Waals surface area contributed by atoms with Gasteiger partial charge < -0.3 is 5.32 Å². The minimum Gasteiger partial charge on any atom is -0.351 e. The van der Waals surface area contributed by atoms with Gasteiger partial charge in [0.1, 0.15) is 0 Å². The van der Waals surface area contributed by atoms with Crippen molar-refractivity contribution in [2.75, 3.05) is 5.75 Å². The molecule has 1 amide bonds. The van der Waals surface area contributed by atoms with E-state index in [2.05, 4.69) is 10.3 Å². The van der Waals surface area contributed by atoms with E-state index in [-0.39, 0.29) is 17.5 Å². The van der Waals surface area contributed by atoms with Crippen LogP contribution in [0.5, 0.6) is 0 Å². The standard InChI is InChI=1S/C18H22N4O2S2/c1-10-15(26-11(2)20-10)8-19-16(23)7-12-9-25-18-21-14-6-4-3-5-13(14)17(24)22(12)18/h12H,3-9H2,1-2H3,(H,19,23). The van der Waals surface area contributed by atoms with Gasteiger partial charge in [-0.05, 0) is 39.5 Å². The zero-order chi connectivity index (χ0) is 18.3. The second-order valence-corrected chi connectivity index (χ2v) is 9.16. The molecule has 0 radical (unpaired) electrons. The molecule has 1 atom stereocenters. The van der Waals surface area contributed by atoms with E-state index in [1.165, 1.54) is 0 Å². The second-order valence-electron chi connectivity index (χ2n) is 6.89. The highest BCUT2D eigenvalue weighted by Crippen LogP contribution is 2.33. The van der Waals surface area contributed by atoms with Crippen molar-refractivity contribution in [3.8, 4) is 0 Å². The summed E-state index contributed by atoms with van der Waals surface area (Å²) < 4.78 is 1.76. The summed E-state index contributed by atoms with van der Waals surface area (Å²) in [4.78, 5) is 35.5. The predicted octanol–water partition coefficient (Wildman–Crippen LogP) is 2.55. The number of thiazole rings is 1. The first-order valence-corrected chi connectivity index (χ1v) is 10.8. The molecular formula is C18H22N4O2S2. The van der Waals surface area contributed by atoms with Gasteiger partial charge in [-0.2, -0.15) is 0 Å². The van der Waals surface area contributed by atoms with Crippen LogP contribution >= 0.6 is 23.1 Å². The van der Waals surface area contributed by atoms with Crippen LogP contribution < -0.4 is 10.9 Å². The van der Waals surface area contributed by atoms with Gasteiger partial charge in [-0.25, -0.2) is 9.97 Å². The van der Waals surface area contributed by atoms with Gasteiger partial charge in [0.2, 0.25) is 5.91 Å². The number of aryl methyl sites for hydroxylation is 3. The van der Waals surface area contributed by atoms with Crippen molar-refractivity contribution in [1.29, 1.82) is 0 Å². The third-order valence-electron chi connectivity index (χ3n) is 4.99. The van der Waals surface area contributed by atoms with E-state index in [1.807, 2.05) is 13.8 Å². The maximum Gasteiger partial charge on any atom is 0.257 e. The van der Waals surface area contributed by atoms with E-state index in [0.717, 1.165) is 63.4 Å². The Morgan fingerprint density at radius 2 is 2.08 bits per heavy atom. The summed E-state index contributed by atoms with van der Waals surface area (Å²) in [5.41, 5.74) is 2.88. The number of rotatable bonds is 4. The molecule has 1 N–H and O–H groups in total. The van der Waals surface area contributed by atoms with E-state index in [9.17, 15) is 9.59 Å². The number of aromatic nitrogens is 3. The summed E-state index contributed by atoms with van der Waals surface area (Å²) >= 11 is 3.20. The monoisotopic (exact) mass is 390 g/mol. The number of fused-ring (bicyclic) bond motifs is 2. The number of hydrogen-bond acceptors (Lipinski definition) is 6. The van der Waals surface area contributed by atoms with Crippen LogP contribution in [-0.4, -0.2) is 26.2 Å². The van der Waals surface area contributed by atoms with Crippen molar-refractivity contribution in [1.82, 2.24) is 19.9 Å². The Labute approximate surface area is 160 Å². The smallest absolute Gasteiger partial charge is 0.257 e. The van der Waals surface area contributed by atoms with Crippen molar-refractivity contribution in [2.24, 2.45) is 0 Å². The number of nitrogens with one attached hydrogen (secondary N) is 1. The minimum atomic E-state index is -0.105. The Bertz CT molecular complexity index is 919. The van der Waals surface area contributed by atoms with Gasteiger partial charge in [0, 0.05) is 22.6 Å². The second kappa shape index (κ2) is 7.15. The maximum absolute atomic E-state index is 12.9. The first-order chi connectivity index (χ1) is 12.5. The lowest BCUT2D eigenvalue weighted by molar-refractivity contribution is -0.121. The number of thioether (sulfide) groups is 1. The lowest BCUT2D eigenvalue weighted by Gasteiger charge is -2.18. The fraction of sp³-hybridized carbons (Fsp3) is 0.556. The normalized spacial score (nSPS) is 18.5. The van der Waals surface area contributed by atoms with Gasteiger partial charge in [0.15, 0.2) is 5.16 Å². The minimum absolute atomic E-state index is 0.0291. The molecule has 2 aliphatic rings. The van der Waals surface area contributed by atoms with Gasteiger partial charge in [0.05, 0.1) is 29.0 Å². The molecule has 0 aromatic carbocycles. The highest BCUT2D eigenvalue weighted by molar-refractivity contribution is 7.99. The Hall–Kier alpha value is -1.67. The molecule has 0 saturated heterocycles. The van der Waals surface area contributed by atoms with Crippen molar-refractivity contribution in [3.63, 3.8) is 0 Å². The number of nitrogens with zero attached hydrogens (tertiary/aromatic N) is 3. The number of amides is 1. The van der Waals surface area contributed by atoms with Crippen molar-refractivity contribution in [2.45, 2.75) is 63.7 Å². The quantitative estimate of drug-likeness (QED) is 0.812. The number of hydrogen-bond donors (Lipinski definition) is 1. The van der Waals surface area contributed by atoms with Crippen LogP contribution in [0.2, 0.25) is 0 Å². The van der Waals surface area contributed by atoms with Gasteiger partial charge >= 0.3 is 0 Å². The number of carbonyl (C=O) groups is 1. The third kappa shape index (κ3) is 3.32. The van der Waals surface area contributed by atoms with Crippen molar-refractivity contribution in [3.05, 3.63) is 37.2 Å². The van der Waals surface area contributed by atoms with Crippen LogP contribution in [0.3, 0.4) is 0 Å². The summed E-state index contributed by atoms with van der Waals surface area (Å²) in [6.45, 7) is 4.43. The summed E-state index contributed by atoms with van der Waals surface area (Å²) in [5.74, 6) is 0.704. The van der Waals surface area contributed by atoms with Crippen LogP contribution in [0, 0.1) is 13.8 Å². The van der Waals surface area contributed by atoms with Gasteiger partial charge in [-0.1, -0.05) is 11.8 Å².